The minimum absolute atomic E-state index is 0.0753. The number of aliphatic hydroxyl groups is 1. The van der Waals surface area contributed by atoms with Gasteiger partial charge in [0.05, 0.1) is 22.2 Å². The number of fused-ring (bicyclic) bond motifs is 7. The molecule has 1 fully saturated rings. The summed E-state index contributed by atoms with van der Waals surface area (Å²) in [6.45, 7) is 5.35. The fourth-order valence-corrected chi connectivity index (χ4v) is 8.95. The van der Waals surface area contributed by atoms with Crippen LogP contribution in [-0.2, 0) is 24.7 Å². The van der Waals surface area contributed by atoms with E-state index in [9.17, 15) is 5.11 Å². The molecule has 37 heavy (non-hydrogen) atoms. The Kier molecular flexibility index (Phi) is 3.62. The van der Waals surface area contributed by atoms with Crippen LogP contribution < -0.4 is 4.74 Å². The lowest BCUT2D eigenvalue weighted by molar-refractivity contribution is -0.168. The van der Waals surface area contributed by atoms with E-state index in [1.54, 1.807) is 0 Å². The Morgan fingerprint density at radius 3 is 2.76 bits per heavy atom. The predicted octanol–water partition coefficient (Wildman–Crippen LogP) is 5.34. The quantitative estimate of drug-likeness (QED) is 0.321. The number of ether oxygens (including phenoxy) is 1. The molecule has 0 radical (unpaired) electrons. The summed E-state index contributed by atoms with van der Waals surface area (Å²) in [5.41, 5.74) is 12.5. The van der Waals surface area contributed by atoms with Gasteiger partial charge in [0.1, 0.15) is 5.75 Å². The largest absolute Gasteiger partial charge is 0.482 e. The highest BCUT2D eigenvalue weighted by molar-refractivity contribution is 5.95. The second-order valence-electron chi connectivity index (χ2n) is 12.2. The number of hydrogen-bond acceptors (Lipinski definition) is 4. The number of benzene rings is 3. The molecule has 0 amide bonds. The molecule has 0 saturated carbocycles. The lowest BCUT2D eigenvalue weighted by atomic mass is 9.48. The first kappa shape index (κ1) is 20.8. The van der Waals surface area contributed by atoms with Crippen LogP contribution in [-0.4, -0.2) is 40.2 Å². The van der Waals surface area contributed by atoms with Gasteiger partial charge >= 0.3 is 0 Å². The molecule has 3 aromatic carbocycles. The van der Waals surface area contributed by atoms with E-state index in [4.69, 9.17) is 9.72 Å². The second-order valence-corrected chi connectivity index (χ2v) is 12.2. The van der Waals surface area contributed by atoms with Crippen LogP contribution in [0.3, 0.4) is 0 Å². The average Bonchev–Trinajstić information content (AvgIpc) is 3.45. The summed E-state index contributed by atoms with van der Waals surface area (Å²) in [4.78, 5) is 7.91. The van der Waals surface area contributed by atoms with Crippen molar-refractivity contribution in [3.05, 3.63) is 93.2 Å². The van der Waals surface area contributed by atoms with Crippen molar-refractivity contribution in [2.24, 2.45) is 0 Å². The van der Waals surface area contributed by atoms with Crippen molar-refractivity contribution in [2.45, 2.75) is 62.7 Å². The van der Waals surface area contributed by atoms with E-state index in [0.29, 0.717) is 6.42 Å². The summed E-state index contributed by atoms with van der Waals surface area (Å²) >= 11 is 0. The normalized spacial score (nSPS) is 29.9. The van der Waals surface area contributed by atoms with Gasteiger partial charge in [0.2, 0.25) is 0 Å². The van der Waals surface area contributed by atoms with Gasteiger partial charge in [0.15, 0.2) is 6.10 Å². The van der Waals surface area contributed by atoms with Crippen LogP contribution in [0.4, 0.5) is 0 Å². The number of rotatable bonds is 0. The van der Waals surface area contributed by atoms with E-state index >= 15 is 0 Å². The van der Waals surface area contributed by atoms with Crippen LogP contribution in [0.2, 0.25) is 0 Å². The van der Waals surface area contributed by atoms with Crippen molar-refractivity contribution < 1.29 is 9.84 Å². The van der Waals surface area contributed by atoms with Crippen LogP contribution >= 0.6 is 0 Å². The number of likely N-dealkylation sites (tertiary alicyclic amines) is 1. The molecule has 184 valence electrons. The molecule has 1 aromatic heterocycles. The molecule has 4 aromatic rings. The number of hydrogen-bond donors (Lipinski definition) is 1. The number of nitrogens with zero attached hydrogens (tertiary/aromatic N) is 2. The minimum Gasteiger partial charge on any atom is -0.482 e. The molecule has 1 saturated heterocycles. The molecule has 1 spiro atoms. The van der Waals surface area contributed by atoms with Crippen LogP contribution in [0, 0.1) is 13.8 Å². The molecule has 4 atom stereocenters. The molecule has 1 N–H and O–H groups in total. The lowest BCUT2D eigenvalue weighted by Crippen LogP contribution is -2.74. The summed E-state index contributed by atoms with van der Waals surface area (Å²) in [6.07, 6.45) is 3.06. The molecule has 4 heteroatoms. The summed E-state index contributed by atoms with van der Waals surface area (Å²) in [7, 11) is 2.18. The Hall–Kier alpha value is -3.21. The number of pyridine rings is 1. The zero-order chi connectivity index (χ0) is 24.8. The molecule has 2 bridgehead atoms. The molecule has 9 rings (SSSR count). The van der Waals surface area contributed by atoms with Gasteiger partial charge in [-0.2, -0.15) is 0 Å². The standard InChI is InChI=1S/C33H30N2O2/c1-17-8-9-20-15-26-33(36)16-25-18(2)21-10-11-23-22-7-5-4-6-19(22)14-24(23)28(21)34-29(25)31-32(33,12-13-35(26)3)27(20)30(17)37-31/h4-11,26,31,36H,12-16H2,1-3H3/t26-,31+,32+,33-/m1/s1. The van der Waals surface area contributed by atoms with Gasteiger partial charge in [-0.05, 0) is 84.8 Å². The molecular formula is C33H30N2O2. The van der Waals surface area contributed by atoms with Crippen molar-refractivity contribution >= 4 is 10.9 Å². The Balaban J connectivity index is 1.36. The van der Waals surface area contributed by atoms with Gasteiger partial charge in [-0.25, -0.2) is 4.98 Å². The third-order valence-electron chi connectivity index (χ3n) is 10.7. The van der Waals surface area contributed by atoms with Gasteiger partial charge in [-0.15, -0.1) is 0 Å². The van der Waals surface area contributed by atoms with E-state index < -0.39 is 11.0 Å². The maximum Gasteiger partial charge on any atom is 0.153 e. The predicted molar refractivity (Wildman–Crippen MR) is 144 cm³/mol. The zero-order valence-electron chi connectivity index (χ0n) is 21.6. The molecule has 4 nitrogen and oxygen atoms in total. The monoisotopic (exact) mass is 486 g/mol. The first-order valence-corrected chi connectivity index (χ1v) is 13.7. The lowest BCUT2D eigenvalue weighted by Gasteiger charge is -2.62. The summed E-state index contributed by atoms with van der Waals surface area (Å²) in [6, 6.07) is 17.8. The Morgan fingerprint density at radius 1 is 1.00 bits per heavy atom. The SMILES string of the molecule is Cc1ccc2c3c1O[C@H]1c4nc5c6c(ccc5c(C)c4C[C@@]4(O)[C@@H](C2)N(C)CC[C@]314)-c1ccccc1C6. The minimum atomic E-state index is -0.878. The van der Waals surface area contributed by atoms with E-state index in [-0.39, 0.29) is 12.1 Å². The van der Waals surface area contributed by atoms with Crippen LogP contribution in [0.5, 0.6) is 5.75 Å². The number of piperidine rings is 1. The number of likely N-dealkylation sites (N-methyl/N-ethyl adjacent to an activating group) is 1. The highest BCUT2D eigenvalue weighted by Gasteiger charge is 2.72. The maximum absolute atomic E-state index is 12.8. The summed E-state index contributed by atoms with van der Waals surface area (Å²) in [5, 5.41) is 14.1. The highest BCUT2D eigenvalue weighted by Crippen LogP contribution is 2.67. The van der Waals surface area contributed by atoms with Crippen molar-refractivity contribution in [1.29, 1.82) is 0 Å². The molecule has 2 aliphatic heterocycles. The molecule has 0 unspecified atom stereocenters. The summed E-state index contributed by atoms with van der Waals surface area (Å²) in [5.74, 6) is 1.00. The molecule has 5 aliphatic rings. The fraction of sp³-hybridized carbons (Fsp3) is 0.364. The van der Waals surface area contributed by atoms with E-state index in [2.05, 4.69) is 74.3 Å². The Morgan fingerprint density at radius 2 is 1.86 bits per heavy atom. The maximum atomic E-state index is 12.8. The average molecular weight is 487 g/mol. The van der Waals surface area contributed by atoms with E-state index in [0.717, 1.165) is 48.3 Å². The molecular weight excluding hydrogens is 456 g/mol. The number of aryl methyl sites for hydroxylation is 2. The molecule has 3 aliphatic carbocycles. The second kappa shape index (κ2) is 6.43. The van der Waals surface area contributed by atoms with Gasteiger partial charge in [-0.3, -0.25) is 0 Å². The van der Waals surface area contributed by atoms with Crippen molar-refractivity contribution in [1.82, 2.24) is 9.88 Å². The van der Waals surface area contributed by atoms with Gasteiger partial charge in [0.25, 0.3) is 0 Å². The highest BCUT2D eigenvalue weighted by atomic mass is 16.5. The van der Waals surface area contributed by atoms with Crippen LogP contribution in [0.1, 0.15) is 57.2 Å². The van der Waals surface area contributed by atoms with Crippen molar-refractivity contribution in [2.75, 3.05) is 13.6 Å². The number of aromatic nitrogens is 1. The third kappa shape index (κ3) is 2.17. The molecule has 3 heterocycles. The van der Waals surface area contributed by atoms with Crippen LogP contribution in [0.25, 0.3) is 22.0 Å². The van der Waals surface area contributed by atoms with Gasteiger partial charge < -0.3 is 14.7 Å². The van der Waals surface area contributed by atoms with Gasteiger partial charge in [-0.1, -0.05) is 48.5 Å². The Bertz CT molecular complexity index is 1720. The Labute approximate surface area is 216 Å². The smallest absolute Gasteiger partial charge is 0.153 e. The summed E-state index contributed by atoms with van der Waals surface area (Å²) < 4.78 is 6.98. The van der Waals surface area contributed by atoms with E-state index in [1.807, 2.05) is 0 Å². The van der Waals surface area contributed by atoms with Crippen molar-refractivity contribution in [3.8, 4) is 16.9 Å². The zero-order valence-corrected chi connectivity index (χ0v) is 21.6. The first-order valence-electron chi connectivity index (χ1n) is 13.7. The van der Waals surface area contributed by atoms with Gasteiger partial charge in [0, 0.05) is 29.8 Å². The van der Waals surface area contributed by atoms with Crippen LogP contribution in [0.15, 0.2) is 48.5 Å². The third-order valence-corrected chi connectivity index (χ3v) is 10.7. The first-order chi connectivity index (χ1) is 17.9. The van der Waals surface area contributed by atoms with E-state index in [1.165, 1.54) is 49.9 Å². The van der Waals surface area contributed by atoms with Crippen molar-refractivity contribution in [3.63, 3.8) is 0 Å². The fourth-order valence-electron chi connectivity index (χ4n) is 8.95. The topological polar surface area (TPSA) is 45.6 Å².